The number of ether oxygens (including phenoxy) is 1. The van der Waals surface area contributed by atoms with E-state index in [2.05, 4.69) is 19.9 Å². The topological polar surface area (TPSA) is 151 Å². The molecule has 1 fully saturated rings. The number of imidazole rings is 1. The third-order valence-corrected chi connectivity index (χ3v) is 7.46. The molecule has 0 amide bonds. The number of H-pyrrole nitrogens is 1. The van der Waals surface area contributed by atoms with Gasteiger partial charge in [-0.3, -0.25) is 4.79 Å². The van der Waals surface area contributed by atoms with Crippen LogP contribution in [0.1, 0.15) is 44.6 Å². The summed E-state index contributed by atoms with van der Waals surface area (Å²) in [4.78, 5) is 35.5. The fourth-order valence-corrected chi connectivity index (χ4v) is 5.72. The predicted molar refractivity (Wildman–Crippen MR) is 133 cm³/mol. The molecule has 3 heterocycles. The van der Waals surface area contributed by atoms with E-state index in [1.54, 1.807) is 29.6 Å². The fraction of sp³-hybridized carbons (Fsp3) is 0.522. The number of aromatic amines is 1. The largest absolute Gasteiger partial charge is 0.593 e. The first-order valence-corrected chi connectivity index (χ1v) is 13.1. The molecule has 0 saturated carbocycles. The van der Waals surface area contributed by atoms with Crippen molar-refractivity contribution >= 4 is 16.9 Å². The number of nitrogens with one attached hydrogen (secondary N) is 1. The number of hydrogen-bond acceptors (Lipinski definition) is 9. The average molecular weight is 519 g/mol. The van der Waals surface area contributed by atoms with Gasteiger partial charge in [0, 0.05) is 25.6 Å². The molecule has 0 spiro atoms. The molecule has 3 aromatic rings. The van der Waals surface area contributed by atoms with Gasteiger partial charge in [0.1, 0.15) is 11.6 Å². The first-order chi connectivity index (χ1) is 17.3. The number of nitrogens with zero attached hydrogens (tertiary/aromatic N) is 5. The van der Waals surface area contributed by atoms with Crippen LogP contribution in [-0.4, -0.2) is 59.8 Å². The van der Waals surface area contributed by atoms with Crippen molar-refractivity contribution in [3.63, 3.8) is 0 Å². The summed E-state index contributed by atoms with van der Waals surface area (Å²) in [6.45, 7) is 7.44. The maximum absolute atomic E-state index is 13.2. The van der Waals surface area contributed by atoms with E-state index >= 15 is 0 Å². The first-order valence-electron chi connectivity index (χ1n) is 12.0. The molecule has 194 valence electrons. The second-order valence-electron chi connectivity index (χ2n) is 8.68. The van der Waals surface area contributed by atoms with Crippen LogP contribution < -0.4 is 10.3 Å². The predicted octanol–water partition coefficient (Wildman–Crippen LogP) is 2.69. The van der Waals surface area contributed by atoms with Gasteiger partial charge >= 0.3 is 0 Å². The minimum Gasteiger partial charge on any atom is -0.593 e. The molecule has 13 heteroatoms. The standard InChI is InChI=1S/C23H30N6O6S/c1-4-7-20-24-15(3)21-23(30)25-22(26-28(20)21)18-12-17(9-10-19(18)34-5-2)36(33)27-13-16(14-27)8-6-11-35-29(31)32/h9-10,12,16H,4-8,11,13-14H2,1-3H3,(H,25,26,30). The summed E-state index contributed by atoms with van der Waals surface area (Å²) in [5, 5.41) is 14.1. The van der Waals surface area contributed by atoms with E-state index in [1.807, 2.05) is 18.2 Å². The van der Waals surface area contributed by atoms with Crippen LogP contribution in [0.5, 0.6) is 5.75 Å². The maximum atomic E-state index is 13.2. The van der Waals surface area contributed by atoms with Crippen LogP contribution in [0.3, 0.4) is 0 Å². The third kappa shape index (κ3) is 5.47. The molecule has 36 heavy (non-hydrogen) atoms. The highest BCUT2D eigenvalue weighted by atomic mass is 32.2. The van der Waals surface area contributed by atoms with Crippen LogP contribution in [-0.2, 0) is 22.6 Å². The Morgan fingerprint density at radius 3 is 2.78 bits per heavy atom. The lowest BCUT2D eigenvalue weighted by Gasteiger charge is -2.38. The van der Waals surface area contributed by atoms with E-state index < -0.39 is 16.4 Å². The molecule has 1 aliphatic rings. The van der Waals surface area contributed by atoms with Gasteiger partial charge in [0.05, 0.1) is 35.8 Å². The number of aromatic nitrogens is 4. The second-order valence-corrected chi connectivity index (χ2v) is 10.2. The van der Waals surface area contributed by atoms with Crippen LogP contribution in [0, 0.1) is 23.0 Å². The average Bonchev–Trinajstić information content (AvgIpc) is 3.13. The molecular weight excluding hydrogens is 488 g/mol. The maximum Gasteiger partial charge on any atom is 0.294 e. The van der Waals surface area contributed by atoms with Crippen molar-refractivity contribution in [2.24, 2.45) is 5.92 Å². The number of aryl methyl sites for hydroxylation is 2. The summed E-state index contributed by atoms with van der Waals surface area (Å²) in [5.41, 5.74) is 1.28. The molecule has 1 atom stereocenters. The Labute approximate surface area is 211 Å². The van der Waals surface area contributed by atoms with Crippen LogP contribution in [0.4, 0.5) is 0 Å². The Morgan fingerprint density at radius 1 is 1.31 bits per heavy atom. The molecular formula is C23H30N6O6S. The van der Waals surface area contributed by atoms with Crippen molar-refractivity contribution in [2.45, 2.75) is 51.3 Å². The highest BCUT2D eigenvalue weighted by Crippen LogP contribution is 2.34. The van der Waals surface area contributed by atoms with Gasteiger partial charge < -0.3 is 19.1 Å². The van der Waals surface area contributed by atoms with Crippen LogP contribution in [0.2, 0.25) is 0 Å². The highest BCUT2D eigenvalue weighted by molar-refractivity contribution is 7.89. The van der Waals surface area contributed by atoms with E-state index in [1.165, 1.54) is 0 Å². The Morgan fingerprint density at radius 2 is 2.08 bits per heavy atom. The lowest BCUT2D eigenvalue weighted by Crippen LogP contribution is -2.49. The van der Waals surface area contributed by atoms with Gasteiger partial charge in [0.2, 0.25) is 0 Å². The SMILES string of the molecule is CCCc1nc(C)c2c(=O)[nH]c(-c3cc([S+]([O-])N4CC(CCCO[N+](=O)[O-])C4)ccc3OCC)nn12. The summed E-state index contributed by atoms with van der Waals surface area (Å²) >= 11 is -1.41. The Hall–Kier alpha value is -3.16. The molecule has 1 aromatic carbocycles. The summed E-state index contributed by atoms with van der Waals surface area (Å²) < 4.78 is 22.5. The summed E-state index contributed by atoms with van der Waals surface area (Å²) in [7, 11) is 0. The van der Waals surface area contributed by atoms with Gasteiger partial charge in [-0.2, -0.15) is 0 Å². The Kier molecular flexibility index (Phi) is 8.11. The number of benzene rings is 1. The van der Waals surface area contributed by atoms with Gasteiger partial charge in [-0.05, 0) is 51.2 Å². The Bertz CT molecular complexity index is 1290. The molecule has 0 bridgehead atoms. The summed E-state index contributed by atoms with van der Waals surface area (Å²) in [6, 6.07) is 5.24. The highest BCUT2D eigenvalue weighted by Gasteiger charge is 2.36. The van der Waals surface area contributed by atoms with Crippen LogP contribution in [0.15, 0.2) is 27.9 Å². The third-order valence-electron chi connectivity index (χ3n) is 6.04. The van der Waals surface area contributed by atoms with Crippen molar-refractivity contribution in [1.29, 1.82) is 0 Å². The lowest BCUT2D eigenvalue weighted by atomic mass is 9.98. The van der Waals surface area contributed by atoms with Crippen molar-refractivity contribution in [3.8, 4) is 17.1 Å². The van der Waals surface area contributed by atoms with E-state index in [0.717, 1.165) is 12.8 Å². The van der Waals surface area contributed by atoms with Crippen molar-refractivity contribution < 1.29 is 19.2 Å². The lowest BCUT2D eigenvalue weighted by molar-refractivity contribution is -0.757. The van der Waals surface area contributed by atoms with E-state index in [4.69, 9.17) is 4.74 Å². The Balaban J connectivity index is 1.57. The van der Waals surface area contributed by atoms with Crippen molar-refractivity contribution in [1.82, 2.24) is 23.9 Å². The van der Waals surface area contributed by atoms with Crippen LogP contribution in [0.25, 0.3) is 16.9 Å². The molecule has 12 nitrogen and oxygen atoms in total. The quantitative estimate of drug-likeness (QED) is 0.165. The van der Waals surface area contributed by atoms with Gasteiger partial charge in [-0.25, -0.2) is 9.50 Å². The van der Waals surface area contributed by atoms with Gasteiger partial charge in [-0.15, -0.1) is 19.5 Å². The van der Waals surface area contributed by atoms with Crippen molar-refractivity contribution in [2.75, 3.05) is 26.3 Å². The number of rotatable bonds is 12. The monoisotopic (exact) mass is 518 g/mol. The zero-order valence-corrected chi connectivity index (χ0v) is 21.4. The molecule has 2 aromatic heterocycles. The molecule has 0 aliphatic carbocycles. The minimum absolute atomic E-state index is 0.0702. The molecule has 1 saturated heterocycles. The number of hydrogen-bond donors (Lipinski definition) is 1. The van der Waals surface area contributed by atoms with Gasteiger partial charge in [0.15, 0.2) is 16.2 Å². The van der Waals surface area contributed by atoms with Gasteiger partial charge in [0.25, 0.3) is 10.6 Å². The molecule has 4 rings (SSSR count). The number of fused-ring (bicyclic) bond motifs is 1. The fourth-order valence-electron chi connectivity index (χ4n) is 4.33. The van der Waals surface area contributed by atoms with E-state index in [0.29, 0.717) is 77.5 Å². The molecule has 1 unspecified atom stereocenters. The van der Waals surface area contributed by atoms with E-state index in [9.17, 15) is 19.5 Å². The zero-order chi connectivity index (χ0) is 25.8. The minimum atomic E-state index is -1.41. The first kappa shape index (κ1) is 25.9. The van der Waals surface area contributed by atoms with E-state index in [-0.39, 0.29) is 12.2 Å². The normalized spacial score (nSPS) is 15.1. The van der Waals surface area contributed by atoms with Gasteiger partial charge in [-0.1, -0.05) is 6.92 Å². The summed E-state index contributed by atoms with van der Waals surface area (Å²) in [6.07, 6.45) is 2.89. The second kappa shape index (κ2) is 11.3. The van der Waals surface area contributed by atoms with Crippen LogP contribution >= 0.6 is 0 Å². The smallest absolute Gasteiger partial charge is 0.294 e. The molecule has 0 radical (unpaired) electrons. The summed E-state index contributed by atoms with van der Waals surface area (Å²) in [5.74, 6) is 1.87. The molecule has 1 N–H and O–H groups in total. The van der Waals surface area contributed by atoms with Crippen molar-refractivity contribution in [3.05, 3.63) is 50.2 Å². The zero-order valence-electron chi connectivity index (χ0n) is 20.6. The molecule has 1 aliphatic heterocycles.